The van der Waals surface area contributed by atoms with Crippen molar-refractivity contribution in [1.29, 1.82) is 0 Å². The third-order valence-electron chi connectivity index (χ3n) is 2.95. The number of aryl methyl sites for hydroxylation is 1. The molecule has 3 N–H and O–H groups in total. The fourth-order valence-corrected chi connectivity index (χ4v) is 2.07. The van der Waals surface area contributed by atoms with E-state index in [0.717, 1.165) is 17.2 Å². The molecule has 0 unspecified atom stereocenters. The molecule has 3 aromatic rings. The summed E-state index contributed by atoms with van der Waals surface area (Å²) >= 11 is 5.92. The number of phenolic OH excluding ortho intramolecular Hbond substituents is 1. The standard InChI is InChI=1S/C15H14ClN5O2/c1-9-2-7-12(23-9)8-17-14-19-13(16)20-15(21-14)18-10-3-5-11(22)6-4-10/h2-7,22H,8H2,1H3,(H2,17,18,19,20,21). The highest BCUT2D eigenvalue weighted by molar-refractivity contribution is 6.28. The van der Waals surface area contributed by atoms with Crippen molar-refractivity contribution in [2.45, 2.75) is 13.5 Å². The van der Waals surface area contributed by atoms with E-state index in [1.807, 2.05) is 19.1 Å². The van der Waals surface area contributed by atoms with Crippen LogP contribution >= 0.6 is 11.6 Å². The first-order chi connectivity index (χ1) is 11.1. The van der Waals surface area contributed by atoms with Gasteiger partial charge in [-0.1, -0.05) is 0 Å². The van der Waals surface area contributed by atoms with Crippen LogP contribution < -0.4 is 10.6 Å². The van der Waals surface area contributed by atoms with Crippen LogP contribution in [0, 0.1) is 6.92 Å². The van der Waals surface area contributed by atoms with E-state index in [4.69, 9.17) is 16.0 Å². The number of hydrogen-bond acceptors (Lipinski definition) is 7. The molecule has 0 aliphatic rings. The van der Waals surface area contributed by atoms with Crippen LogP contribution in [-0.4, -0.2) is 20.1 Å². The zero-order chi connectivity index (χ0) is 16.2. The summed E-state index contributed by atoms with van der Waals surface area (Å²) in [5.74, 6) is 2.42. The minimum atomic E-state index is 0.0689. The summed E-state index contributed by atoms with van der Waals surface area (Å²) in [7, 11) is 0. The van der Waals surface area contributed by atoms with Crippen molar-refractivity contribution in [1.82, 2.24) is 15.0 Å². The van der Waals surface area contributed by atoms with Gasteiger partial charge in [0.1, 0.15) is 17.3 Å². The van der Waals surface area contributed by atoms with Crippen LogP contribution in [0.3, 0.4) is 0 Å². The first-order valence-corrected chi connectivity index (χ1v) is 7.23. The Kier molecular flexibility index (Phi) is 4.29. The summed E-state index contributed by atoms with van der Waals surface area (Å²) in [6.45, 7) is 2.32. The summed E-state index contributed by atoms with van der Waals surface area (Å²) in [5.41, 5.74) is 0.720. The van der Waals surface area contributed by atoms with Crippen molar-refractivity contribution in [3.8, 4) is 5.75 Å². The number of halogens is 1. The van der Waals surface area contributed by atoms with Crippen LogP contribution in [0.4, 0.5) is 17.6 Å². The summed E-state index contributed by atoms with van der Waals surface area (Å²) < 4.78 is 5.47. The molecule has 0 aliphatic carbocycles. The van der Waals surface area contributed by atoms with Gasteiger partial charge in [0, 0.05) is 5.69 Å². The highest BCUT2D eigenvalue weighted by atomic mass is 35.5. The molecule has 8 heteroatoms. The Morgan fingerprint density at radius 1 is 1.04 bits per heavy atom. The average molecular weight is 332 g/mol. The molecule has 0 radical (unpaired) electrons. The minimum absolute atomic E-state index is 0.0689. The molecule has 0 saturated heterocycles. The van der Waals surface area contributed by atoms with Gasteiger partial charge in [-0.15, -0.1) is 0 Å². The fourth-order valence-electron chi connectivity index (χ4n) is 1.91. The summed E-state index contributed by atoms with van der Waals surface area (Å²) in [4.78, 5) is 12.3. The van der Waals surface area contributed by atoms with Crippen LogP contribution in [0.15, 0.2) is 40.8 Å². The van der Waals surface area contributed by atoms with Crippen molar-refractivity contribution in [2.24, 2.45) is 0 Å². The number of nitrogens with one attached hydrogen (secondary N) is 2. The number of hydrogen-bond donors (Lipinski definition) is 3. The largest absolute Gasteiger partial charge is 0.508 e. The lowest BCUT2D eigenvalue weighted by atomic mass is 10.3. The molecule has 0 atom stereocenters. The molecule has 0 saturated carbocycles. The van der Waals surface area contributed by atoms with E-state index in [1.54, 1.807) is 24.3 Å². The lowest BCUT2D eigenvalue weighted by molar-refractivity contribution is 0.475. The fraction of sp³-hybridized carbons (Fsp3) is 0.133. The van der Waals surface area contributed by atoms with Gasteiger partial charge in [0.25, 0.3) is 0 Å². The van der Waals surface area contributed by atoms with Crippen molar-refractivity contribution >= 4 is 29.2 Å². The molecule has 3 rings (SSSR count). The number of nitrogens with zero attached hydrogens (tertiary/aromatic N) is 3. The van der Waals surface area contributed by atoms with Gasteiger partial charge < -0.3 is 20.2 Å². The number of benzene rings is 1. The molecule has 7 nitrogen and oxygen atoms in total. The number of aromatic hydroxyl groups is 1. The van der Waals surface area contributed by atoms with Crippen LogP contribution in [0.2, 0.25) is 5.28 Å². The molecule has 0 spiro atoms. The third-order valence-corrected chi connectivity index (χ3v) is 3.12. The zero-order valence-electron chi connectivity index (χ0n) is 12.2. The number of anilines is 3. The van der Waals surface area contributed by atoms with Crippen LogP contribution in [0.5, 0.6) is 5.75 Å². The smallest absolute Gasteiger partial charge is 0.233 e. The van der Waals surface area contributed by atoms with Crippen molar-refractivity contribution in [3.63, 3.8) is 0 Å². The SMILES string of the molecule is Cc1ccc(CNc2nc(Cl)nc(Nc3ccc(O)cc3)n2)o1. The molecule has 0 aliphatic heterocycles. The molecule has 1 aromatic carbocycles. The third kappa shape index (κ3) is 4.10. The summed E-state index contributed by atoms with van der Waals surface area (Å²) in [6, 6.07) is 10.3. The van der Waals surface area contributed by atoms with Crippen LogP contribution in [0.25, 0.3) is 0 Å². The molecule has 118 valence electrons. The predicted octanol–water partition coefficient (Wildman–Crippen LogP) is 3.49. The van der Waals surface area contributed by atoms with Crippen LogP contribution in [-0.2, 0) is 6.54 Å². The Balaban J connectivity index is 1.72. The number of rotatable bonds is 5. The maximum Gasteiger partial charge on any atom is 0.233 e. The highest BCUT2D eigenvalue weighted by Gasteiger charge is 2.07. The second-order valence-corrected chi connectivity index (χ2v) is 5.13. The van der Waals surface area contributed by atoms with E-state index in [2.05, 4.69) is 25.6 Å². The lowest BCUT2D eigenvalue weighted by Crippen LogP contribution is -2.06. The maximum atomic E-state index is 9.28. The first kappa shape index (κ1) is 15.1. The van der Waals surface area contributed by atoms with Crippen molar-refractivity contribution in [3.05, 3.63) is 53.2 Å². The molecule has 0 fully saturated rings. The molecule has 2 aromatic heterocycles. The van der Waals surface area contributed by atoms with Gasteiger partial charge in [0.15, 0.2) is 0 Å². The van der Waals surface area contributed by atoms with Crippen molar-refractivity contribution < 1.29 is 9.52 Å². The number of aromatic nitrogens is 3. The van der Waals surface area contributed by atoms with E-state index in [-0.39, 0.29) is 11.0 Å². The topological polar surface area (TPSA) is 96.1 Å². The second-order valence-electron chi connectivity index (χ2n) is 4.79. The number of phenols is 1. The maximum absolute atomic E-state index is 9.28. The molecule has 23 heavy (non-hydrogen) atoms. The molecule has 0 bridgehead atoms. The predicted molar refractivity (Wildman–Crippen MR) is 87.0 cm³/mol. The summed E-state index contributed by atoms with van der Waals surface area (Å²) in [5, 5.41) is 15.4. The van der Waals surface area contributed by atoms with Gasteiger partial charge in [0.05, 0.1) is 6.54 Å². The van der Waals surface area contributed by atoms with Gasteiger partial charge >= 0.3 is 0 Å². The van der Waals surface area contributed by atoms with E-state index in [9.17, 15) is 5.11 Å². The van der Waals surface area contributed by atoms with E-state index < -0.39 is 0 Å². The first-order valence-electron chi connectivity index (χ1n) is 6.85. The highest BCUT2D eigenvalue weighted by Crippen LogP contribution is 2.19. The van der Waals surface area contributed by atoms with Gasteiger partial charge in [-0.3, -0.25) is 0 Å². The van der Waals surface area contributed by atoms with E-state index in [0.29, 0.717) is 18.4 Å². The Labute approximate surface area is 137 Å². The average Bonchev–Trinajstić information content (AvgIpc) is 2.93. The molecular weight excluding hydrogens is 318 g/mol. The van der Waals surface area contributed by atoms with E-state index >= 15 is 0 Å². The Bertz CT molecular complexity index is 804. The normalized spacial score (nSPS) is 10.5. The number of furan rings is 1. The Morgan fingerprint density at radius 2 is 1.78 bits per heavy atom. The van der Waals surface area contributed by atoms with Crippen molar-refractivity contribution in [2.75, 3.05) is 10.6 Å². The Morgan fingerprint density at radius 3 is 2.48 bits per heavy atom. The molecule has 2 heterocycles. The van der Waals surface area contributed by atoms with Crippen LogP contribution in [0.1, 0.15) is 11.5 Å². The van der Waals surface area contributed by atoms with Gasteiger partial charge in [0.2, 0.25) is 17.2 Å². The summed E-state index contributed by atoms with van der Waals surface area (Å²) in [6.07, 6.45) is 0. The van der Waals surface area contributed by atoms with Gasteiger partial charge in [-0.2, -0.15) is 15.0 Å². The monoisotopic (exact) mass is 331 g/mol. The Hall–Kier alpha value is -2.80. The molecular formula is C15H14ClN5O2. The lowest BCUT2D eigenvalue weighted by Gasteiger charge is -2.08. The van der Waals surface area contributed by atoms with E-state index in [1.165, 1.54) is 0 Å². The second kappa shape index (κ2) is 6.53. The minimum Gasteiger partial charge on any atom is -0.508 e. The quantitative estimate of drug-likeness (QED) is 0.616. The van der Waals surface area contributed by atoms with Gasteiger partial charge in [-0.05, 0) is 54.9 Å². The zero-order valence-corrected chi connectivity index (χ0v) is 13.0. The van der Waals surface area contributed by atoms with Gasteiger partial charge in [-0.25, -0.2) is 0 Å². The molecule has 0 amide bonds.